The molecule has 0 spiro atoms. The highest BCUT2D eigenvalue weighted by Gasteiger charge is 2.19. The van der Waals surface area contributed by atoms with E-state index in [0.717, 1.165) is 12.0 Å². The maximum Gasteiger partial charge on any atom is 0.119 e. The summed E-state index contributed by atoms with van der Waals surface area (Å²) in [5.74, 6) is 0.395. The van der Waals surface area contributed by atoms with E-state index in [1.165, 1.54) is 11.1 Å². The average Bonchev–Trinajstić information content (AvgIpc) is 2.32. The van der Waals surface area contributed by atoms with Gasteiger partial charge in [-0.3, -0.25) is 0 Å². The molecular formula is C17H20O. The first-order valence-corrected chi connectivity index (χ1v) is 6.34. The molecule has 0 saturated heterocycles. The Morgan fingerprint density at radius 2 is 1.56 bits per heavy atom. The molecule has 0 aromatic heterocycles. The summed E-state index contributed by atoms with van der Waals surface area (Å²) in [6, 6.07) is 16.1. The van der Waals surface area contributed by atoms with Crippen LogP contribution in [-0.4, -0.2) is 5.11 Å². The van der Waals surface area contributed by atoms with Crippen LogP contribution in [-0.2, 0) is 11.8 Å². The van der Waals surface area contributed by atoms with Crippen molar-refractivity contribution in [2.24, 2.45) is 0 Å². The van der Waals surface area contributed by atoms with Crippen molar-refractivity contribution in [2.75, 3.05) is 0 Å². The maximum absolute atomic E-state index is 10.1. The summed E-state index contributed by atoms with van der Waals surface area (Å²) in [6.45, 7) is 6.53. The average molecular weight is 240 g/mol. The molecule has 0 aliphatic rings. The fraction of sp³-hybridized carbons (Fsp3) is 0.294. The Bertz CT molecular complexity index is 521. The van der Waals surface area contributed by atoms with Crippen LogP contribution in [0.3, 0.4) is 0 Å². The molecule has 2 rings (SSSR count). The van der Waals surface area contributed by atoms with Gasteiger partial charge in [0.1, 0.15) is 5.75 Å². The van der Waals surface area contributed by atoms with Gasteiger partial charge in [0, 0.05) is 12.0 Å². The molecule has 0 atom stereocenters. The van der Waals surface area contributed by atoms with Crippen LogP contribution in [0.25, 0.3) is 0 Å². The van der Waals surface area contributed by atoms with E-state index in [0.29, 0.717) is 5.75 Å². The standard InChI is InChI=1S/C17H20O/c1-17(2,3)15-10-7-11-16(18)14(15)12-13-8-5-4-6-9-13/h4-11,18H,12H2,1-3H3. The number of hydrogen-bond acceptors (Lipinski definition) is 1. The van der Waals surface area contributed by atoms with E-state index < -0.39 is 0 Å². The summed E-state index contributed by atoms with van der Waals surface area (Å²) in [5.41, 5.74) is 3.52. The van der Waals surface area contributed by atoms with Crippen molar-refractivity contribution >= 4 is 0 Å². The molecule has 0 saturated carbocycles. The van der Waals surface area contributed by atoms with E-state index in [9.17, 15) is 5.11 Å². The molecule has 0 heterocycles. The SMILES string of the molecule is CC(C)(C)c1cccc(O)c1Cc1ccccc1. The Balaban J connectivity index is 2.44. The molecule has 0 bridgehead atoms. The van der Waals surface area contributed by atoms with Crippen molar-refractivity contribution in [3.63, 3.8) is 0 Å². The lowest BCUT2D eigenvalue weighted by Crippen LogP contribution is -2.14. The molecular weight excluding hydrogens is 220 g/mol. The van der Waals surface area contributed by atoms with Crippen molar-refractivity contribution in [3.8, 4) is 5.75 Å². The molecule has 2 aromatic rings. The Hall–Kier alpha value is -1.76. The molecule has 0 fully saturated rings. The van der Waals surface area contributed by atoms with Crippen LogP contribution in [0.15, 0.2) is 48.5 Å². The van der Waals surface area contributed by atoms with Gasteiger partial charge >= 0.3 is 0 Å². The maximum atomic E-state index is 10.1. The number of hydrogen-bond donors (Lipinski definition) is 1. The third kappa shape index (κ3) is 2.73. The Morgan fingerprint density at radius 3 is 2.17 bits per heavy atom. The molecule has 1 heteroatoms. The highest BCUT2D eigenvalue weighted by molar-refractivity contribution is 5.45. The lowest BCUT2D eigenvalue weighted by molar-refractivity contribution is 0.463. The van der Waals surface area contributed by atoms with Crippen LogP contribution < -0.4 is 0 Å². The predicted octanol–water partition coefficient (Wildman–Crippen LogP) is 4.28. The van der Waals surface area contributed by atoms with Gasteiger partial charge < -0.3 is 5.11 Å². The summed E-state index contributed by atoms with van der Waals surface area (Å²) in [6.07, 6.45) is 0.778. The molecule has 1 nitrogen and oxygen atoms in total. The largest absolute Gasteiger partial charge is 0.508 e. The highest BCUT2D eigenvalue weighted by atomic mass is 16.3. The zero-order chi connectivity index (χ0) is 13.2. The number of benzene rings is 2. The first-order chi connectivity index (χ1) is 8.48. The minimum absolute atomic E-state index is 0.0445. The Labute approximate surface area is 109 Å². The van der Waals surface area contributed by atoms with Crippen molar-refractivity contribution in [1.29, 1.82) is 0 Å². The van der Waals surface area contributed by atoms with Crippen molar-refractivity contribution in [2.45, 2.75) is 32.6 Å². The summed E-state index contributed by atoms with van der Waals surface area (Å²) in [4.78, 5) is 0. The zero-order valence-electron chi connectivity index (χ0n) is 11.3. The van der Waals surface area contributed by atoms with E-state index >= 15 is 0 Å². The Kier molecular flexibility index (Phi) is 3.42. The summed E-state index contributed by atoms with van der Waals surface area (Å²) < 4.78 is 0. The van der Waals surface area contributed by atoms with Gasteiger partial charge in [-0.25, -0.2) is 0 Å². The first-order valence-electron chi connectivity index (χ1n) is 6.34. The van der Waals surface area contributed by atoms with Crippen LogP contribution >= 0.6 is 0 Å². The minimum Gasteiger partial charge on any atom is -0.508 e. The number of rotatable bonds is 2. The van der Waals surface area contributed by atoms with Crippen LogP contribution in [0, 0.1) is 0 Å². The smallest absolute Gasteiger partial charge is 0.119 e. The van der Waals surface area contributed by atoms with Crippen molar-refractivity contribution in [1.82, 2.24) is 0 Å². The van der Waals surface area contributed by atoms with E-state index in [1.54, 1.807) is 6.07 Å². The van der Waals surface area contributed by atoms with Gasteiger partial charge in [-0.1, -0.05) is 63.2 Å². The Morgan fingerprint density at radius 1 is 0.889 bits per heavy atom. The van der Waals surface area contributed by atoms with Gasteiger partial charge in [-0.05, 0) is 22.6 Å². The molecule has 0 amide bonds. The molecule has 0 radical (unpaired) electrons. The summed E-state index contributed by atoms with van der Waals surface area (Å²) in [5, 5.41) is 10.1. The first kappa shape index (κ1) is 12.7. The lowest BCUT2D eigenvalue weighted by atomic mass is 9.82. The second-order valence-electron chi connectivity index (χ2n) is 5.72. The highest BCUT2D eigenvalue weighted by Crippen LogP contribution is 2.32. The van der Waals surface area contributed by atoms with Crippen molar-refractivity contribution in [3.05, 3.63) is 65.2 Å². The van der Waals surface area contributed by atoms with Gasteiger partial charge in [0.05, 0.1) is 0 Å². The third-order valence-electron chi connectivity index (χ3n) is 3.18. The molecule has 2 aromatic carbocycles. The lowest BCUT2D eigenvalue weighted by Gasteiger charge is -2.23. The predicted molar refractivity (Wildman–Crippen MR) is 76.1 cm³/mol. The fourth-order valence-corrected chi connectivity index (χ4v) is 2.26. The van der Waals surface area contributed by atoms with Crippen LogP contribution in [0.5, 0.6) is 5.75 Å². The number of aromatic hydroxyl groups is 1. The van der Waals surface area contributed by atoms with Crippen LogP contribution in [0.4, 0.5) is 0 Å². The second kappa shape index (κ2) is 4.85. The van der Waals surface area contributed by atoms with E-state index in [1.807, 2.05) is 24.3 Å². The summed E-state index contributed by atoms with van der Waals surface area (Å²) >= 11 is 0. The minimum atomic E-state index is 0.0445. The normalized spacial score (nSPS) is 11.5. The number of phenols is 1. The quantitative estimate of drug-likeness (QED) is 0.830. The third-order valence-corrected chi connectivity index (χ3v) is 3.18. The fourth-order valence-electron chi connectivity index (χ4n) is 2.26. The zero-order valence-corrected chi connectivity index (χ0v) is 11.3. The molecule has 0 aliphatic carbocycles. The van der Waals surface area contributed by atoms with Crippen LogP contribution in [0.1, 0.15) is 37.5 Å². The van der Waals surface area contributed by atoms with Gasteiger partial charge in [-0.2, -0.15) is 0 Å². The summed E-state index contributed by atoms with van der Waals surface area (Å²) in [7, 11) is 0. The van der Waals surface area contributed by atoms with Gasteiger partial charge in [0.25, 0.3) is 0 Å². The molecule has 94 valence electrons. The van der Waals surface area contributed by atoms with Gasteiger partial charge in [0.2, 0.25) is 0 Å². The van der Waals surface area contributed by atoms with Gasteiger partial charge in [-0.15, -0.1) is 0 Å². The second-order valence-corrected chi connectivity index (χ2v) is 5.72. The molecule has 0 aliphatic heterocycles. The number of phenolic OH excluding ortho intramolecular Hbond substituents is 1. The van der Waals surface area contributed by atoms with E-state index in [4.69, 9.17) is 0 Å². The van der Waals surface area contributed by atoms with Crippen LogP contribution in [0.2, 0.25) is 0 Å². The molecule has 0 unspecified atom stereocenters. The van der Waals surface area contributed by atoms with E-state index in [2.05, 4.69) is 39.0 Å². The van der Waals surface area contributed by atoms with Gasteiger partial charge in [0.15, 0.2) is 0 Å². The molecule has 1 N–H and O–H groups in total. The monoisotopic (exact) mass is 240 g/mol. The van der Waals surface area contributed by atoms with E-state index in [-0.39, 0.29) is 5.41 Å². The topological polar surface area (TPSA) is 20.2 Å². The van der Waals surface area contributed by atoms with Crippen molar-refractivity contribution < 1.29 is 5.11 Å². The molecule has 18 heavy (non-hydrogen) atoms.